The lowest BCUT2D eigenvalue weighted by Gasteiger charge is -2.20. The average Bonchev–Trinajstić information content (AvgIpc) is 2.97. The lowest BCUT2D eigenvalue weighted by Crippen LogP contribution is -2.08. The standard InChI is InChI=1S/C34H22O4/c35-33(25-13-15-31-27(19-25)17-23-5-1-3-7-29(23)37-31)21-9-11-22(12-10-21)34(36)26-14-16-32-28(20-26)18-24-6-2-4-8-30(24)38-32/h1-16,19-20H,17-18H2. The Morgan fingerprint density at radius 3 is 1.24 bits per heavy atom. The molecule has 0 spiro atoms. The molecular formula is C34H22O4. The van der Waals surface area contributed by atoms with Gasteiger partial charge in [0.2, 0.25) is 0 Å². The largest absolute Gasteiger partial charge is 0.457 e. The Hall–Kier alpha value is -4.96. The number of ketones is 2. The number of rotatable bonds is 4. The molecule has 2 aliphatic rings. The van der Waals surface area contributed by atoms with Crippen molar-refractivity contribution in [3.63, 3.8) is 0 Å². The summed E-state index contributed by atoms with van der Waals surface area (Å²) in [7, 11) is 0. The van der Waals surface area contributed by atoms with Gasteiger partial charge in [0.05, 0.1) is 0 Å². The molecule has 4 nitrogen and oxygen atoms in total. The van der Waals surface area contributed by atoms with Crippen molar-refractivity contribution in [1.82, 2.24) is 0 Å². The molecule has 0 aromatic heterocycles. The zero-order valence-electron chi connectivity index (χ0n) is 20.4. The summed E-state index contributed by atoms with van der Waals surface area (Å²) in [6.45, 7) is 0. The topological polar surface area (TPSA) is 52.6 Å². The summed E-state index contributed by atoms with van der Waals surface area (Å²) in [5.41, 5.74) is 6.45. The maximum atomic E-state index is 13.3. The minimum Gasteiger partial charge on any atom is -0.457 e. The van der Waals surface area contributed by atoms with E-state index in [2.05, 4.69) is 0 Å². The van der Waals surface area contributed by atoms with E-state index in [1.165, 1.54) is 0 Å². The number of para-hydroxylation sites is 2. The van der Waals surface area contributed by atoms with Crippen molar-refractivity contribution in [3.05, 3.63) is 154 Å². The van der Waals surface area contributed by atoms with E-state index in [0.29, 0.717) is 22.3 Å². The first-order chi connectivity index (χ1) is 18.6. The van der Waals surface area contributed by atoms with Crippen molar-refractivity contribution in [1.29, 1.82) is 0 Å². The first kappa shape index (κ1) is 22.3. The van der Waals surface area contributed by atoms with E-state index in [1.54, 1.807) is 36.4 Å². The predicted octanol–water partition coefficient (Wildman–Crippen LogP) is 7.54. The Bertz CT molecular complexity index is 1620. The van der Waals surface area contributed by atoms with Gasteiger partial charge in [-0.15, -0.1) is 0 Å². The van der Waals surface area contributed by atoms with Crippen LogP contribution in [0, 0.1) is 0 Å². The maximum absolute atomic E-state index is 13.3. The third-order valence-corrected chi connectivity index (χ3v) is 7.20. The minimum absolute atomic E-state index is 0.0877. The molecule has 7 rings (SSSR count). The molecule has 0 unspecified atom stereocenters. The molecular weight excluding hydrogens is 472 g/mol. The molecule has 0 radical (unpaired) electrons. The average molecular weight is 495 g/mol. The lowest BCUT2D eigenvalue weighted by atomic mass is 9.93. The van der Waals surface area contributed by atoms with Gasteiger partial charge in [0.1, 0.15) is 23.0 Å². The highest BCUT2D eigenvalue weighted by molar-refractivity contribution is 6.12. The third kappa shape index (κ3) is 3.87. The van der Waals surface area contributed by atoms with Crippen LogP contribution >= 0.6 is 0 Å². The van der Waals surface area contributed by atoms with Crippen molar-refractivity contribution in [2.24, 2.45) is 0 Å². The van der Waals surface area contributed by atoms with Gasteiger partial charge < -0.3 is 9.47 Å². The molecule has 2 heterocycles. The highest BCUT2D eigenvalue weighted by atomic mass is 16.5. The monoisotopic (exact) mass is 494 g/mol. The number of carbonyl (C=O) groups excluding carboxylic acids is 2. The summed E-state index contributed by atoms with van der Waals surface area (Å²) >= 11 is 0. The molecule has 4 heteroatoms. The Morgan fingerprint density at radius 1 is 0.421 bits per heavy atom. The second kappa shape index (κ2) is 8.86. The number of hydrogen-bond donors (Lipinski definition) is 0. The molecule has 0 atom stereocenters. The van der Waals surface area contributed by atoms with Crippen LogP contribution in [0.1, 0.15) is 54.1 Å². The maximum Gasteiger partial charge on any atom is 0.193 e. The summed E-state index contributed by atoms with van der Waals surface area (Å²) in [4.78, 5) is 26.5. The molecule has 0 bridgehead atoms. The summed E-state index contributed by atoms with van der Waals surface area (Å²) < 4.78 is 12.0. The van der Waals surface area contributed by atoms with Gasteiger partial charge in [-0.05, 0) is 59.7 Å². The molecule has 0 saturated carbocycles. The number of benzene rings is 5. The van der Waals surface area contributed by atoms with E-state index in [-0.39, 0.29) is 11.6 Å². The van der Waals surface area contributed by atoms with Gasteiger partial charge in [-0.2, -0.15) is 0 Å². The molecule has 0 amide bonds. The van der Waals surface area contributed by atoms with Crippen molar-refractivity contribution >= 4 is 11.6 Å². The SMILES string of the molecule is O=C(c1ccc(C(=O)c2ccc3c(c2)Cc2ccccc2O3)cc1)c1ccc2c(c1)Cc1ccccc1O2. The number of hydrogen-bond acceptors (Lipinski definition) is 4. The van der Waals surface area contributed by atoms with Crippen molar-refractivity contribution in [2.75, 3.05) is 0 Å². The summed E-state index contributed by atoms with van der Waals surface area (Å²) in [5.74, 6) is 3.09. The highest BCUT2D eigenvalue weighted by Gasteiger charge is 2.21. The van der Waals surface area contributed by atoms with Crippen LogP contribution in [-0.4, -0.2) is 11.6 Å². The normalized spacial score (nSPS) is 12.6. The molecule has 0 fully saturated rings. The fraction of sp³-hybridized carbons (Fsp3) is 0.0588. The summed E-state index contributed by atoms with van der Waals surface area (Å²) in [5, 5.41) is 0. The van der Waals surface area contributed by atoms with Crippen molar-refractivity contribution in [3.8, 4) is 23.0 Å². The number of ether oxygens (including phenoxy) is 2. The fourth-order valence-corrected chi connectivity index (χ4v) is 5.17. The third-order valence-electron chi connectivity index (χ3n) is 7.20. The zero-order chi connectivity index (χ0) is 25.6. The predicted molar refractivity (Wildman–Crippen MR) is 145 cm³/mol. The first-order valence-corrected chi connectivity index (χ1v) is 12.6. The molecule has 0 saturated heterocycles. The van der Waals surface area contributed by atoms with Crippen LogP contribution in [-0.2, 0) is 12.8 Å². The molecule has 38 heavy (non-hydrogen) atoms. The van der Waals surface area contributed by atoms with Gasteiger partial charge >= 0.3 is 0 Å². The van der Waals surface area contributed by atoms with E-state index in [4.69, 9.17) is 9.47 Å². The second-order valence-electron chi connectivity index (χ2n) is 9.65. The van der Waals surface area contributed by atoms with Gasteiger partial charge in [0, 0.05) is 46.2 Å². The van der Waals surface area contributed by atoms with Crippen molar-refractivity contribution < 1.29 is 19.1 Å². The van der Waals surface area contributed by atoms with Gasteiger partial charge in [0.25, 0.3) is 0 Å². The zero-order valence-corrected chi connectivity index (χ0v) is 20.4. The molecule has 5 aromatic carbocycles. The second-order valence-corrected chi connectivity index (χ2v) is 9.65. The van der Waals surface area contributed by atoms with Crippen LogP contribution in [0.15, 0.2) is 109 Å². The van der Waals surface area contributed by atoms with Crippen LogP contribution in [0.4, 0.5) is 0 Å². The Kier molecular flexibility index (Phi) is 5.19. The smallest absolute Gasteiger partial charge is 0.193 e. The van der Waals surface area contributed by atoms with E-state index < -0.39 is 0 Å². The van der Waals surface area contributed by atoms with Crippen LogP contribution in [0.25, 0.3) is 0 Å². The van der Waals surface area contributed by atoms with Crippen LogP contribution in [0.2, 0.25) is 0 Å². The Morgan fingerprint density at radius 2 is 0.789 bits per heavy atom. The first-order valence-electron chi connectivity index (χ1n) is 12.6. The van der Waals surface area contributed by atoms with E-state index in [0.717, 1.165) is 58.1 Å². The molecule has 0 N–H and O–H groups in total. The molecule has 182 valence electrons. The Balaban J connectivity index is 1.10. The number of fused-ring (bicyclic) bond motifs is 4. The molecule has 0 aliphatic carbocycles. The van der Waals surface area contributed by atoms with Crippen LogP contribution < -0.4 is 9.47 Å². The van der Waals surface area contributed by atoms with Gasteiger partial charge in [-0.1, -0.05) is 60.7 Å². The van der Waals surface area contributed by atoms with E-state index in [1.807, 2.05) is 72.8 Å². The summed E-state index contributed by atoms with van der Waals surface area (Å²) in [6, 6.07) is 33.9. The van der Waals surface area contributed by atoms with Gasteiger partial charge in [-0.3, -0.25) is 9.59 Å². The van der Waals surface area contributed by atoms with Gasteiger partial charge in [-0.25, -0.2) is 0 Å². The van der Waals surface area contributed by atoms with E-state index in [9.17, 15) is 9.59 Å². The quantitative estimate of drug-likeness (QED) is 0.237. The minimum atomic E-state index is -0.0877. The molecule has 5 aromatic rings. The van der Waals surface area contributed by atoms with Crippen LogP contribution in [0.3, 0.4) is 0 Å². The van der Waals surface area contributed by atoms with E-state index >= 15 is 0 Å². The van der Waals surface area contributed by atoms with Crippen molar-refractivity contribution in [2.45, 2.75) is 12.8 Å². The summed E-state index contributed by atoms with van der Waals surface area (Å²) in [6.07, 6.45) is 1.44. The lowest BCUT2D eigenvalue weighted by molar-refractivity contribution is 0.102. The highest BCUT2D eigenvalue weighted by Crippen LogP contribution is 2.38. The Labute approximate surface area is 220 Å². The molecule has 2 aliphatic heterocycles. The number of carbonyl (C=O) groups is 2. The van der Waals surface area contributed by atoms with Gasteiger partial charge in [0.15, 0.2) is 11.6 Å². The van der Waals surface area contributed by atoms with Crippen LogP contribution in [0.5, 0.6) is 23.0 Å². The fourth-order valence-electron chi connectivity index (χ4n) is 5.17.